The molecule has 3 N–H and O–H groups in total. The number of rotatable bonds is 8. The molecule has 0 saturated carbocycles. The highest BCUT2D eigenvalue weighted by molar-refractivity contribution is 7.89. The van der Waals surface area contributed by atoms with Crippen LogP contribution in [0.1, 0.15) is 32.9 Å². The van der Waals surface area contributed by atoms with Gasteiger partial charge >= 0.3 is 0 Å². The summed E-state index contributed by atoms with van der Waals surface area (Å²) in [5, 5.41) is 6.42. The van der Waals surface area contributed by atoms with Gasteiger partial charge < -0.3 is 0 Å². The molecule has 0 spiro atoms. The number of aromatic amines is 1. The molecule has 0 fully saturated rings. The van der Waals surface area contributed by atoms with Crippen molar-refractivity contribution in [2.75, 3.05) is 7.05 Å². The molecule has 0 atom stereocenters. The van der Waals surface area contributed by atoms with Crippen molar-refractivity contribution in [3.8, 4) is 0 Å². The Morgan fingerprint density at radius 2 is 1.58 bits per heavy atom. The molecule has 0 saturated heterocycles. The van der Waals surface area contributed by atoms with Gasteiger partial charge in [0.25, 0.3) is 15.9 Å². The molecule has 0 bridgehead atoms. The number of hydrogen-bond acceptors (Lipinski definition) is 6. The molecular weight excluding hydrogens is 466 g/mol. The van der Waals surface area contributed by atoms with E-state index in [-0.39, 0.29) is 27.6 Å². The predicted molar refractivity (Wildman–Crippen MR) is 122 cm³/mol. The van der Waals surface area contributed by atoms with Crippen LogP contribution in [0.4, 0.5) is 0 Å². The topological polar surface area (TPSA) is 141 Å². The van der Waals surface area contributed by atoms with E-state index in [0.29, 0.717) is 11.3 Å². The maximum atomic E-state index is 12.7. The van der Waals surface area contributed by atoms with E-state index in [1.807, 2.05) is 6.92 Å². The molecule has 1 aromatic heterocycles. The highest BCUT2D eigenvalue weighted by Crippen LogP contribution is 2.18. The quantitative estimate of drug-likeness (QED) is 0.410. The number of H-pyrrole nitrogens is 1. The summed E-state index contributed by atoms with van der Waals surface area (Å²) >= 11 is 0. The summed E-state index contributed by atoms with van der Waals surface area (Å²) in [5.41, 5.74) is 4.62. The first-order valence-electron chi connectivity index (χ1n) is 9.87. The summed E-state index contributed by atoms with van der Waals surface area (Å²) in [5.74, 6) is -0.662. The van der Waals surface area contributed by atoms with Crippen LogP contribution < -0.4 is 10.3 Å². The average Bonchev–Trinajstić information content (AvgIpc) is 3.11. The van der Waals surface area contributed by atoms with Crippen LogP contribution in [-0.4, -0.2) is 44.3 Å². The Labute approximate surface area is 193 Å². The lowest BCUT2D eigenvalue weighted by atomic mass is 10.1. The molecule has 12 heteroatoms. The Morgan fingerprint density at radius 1 is 0.970 bits per heavy atom. The zero-order chi connectivity index (χ0) is 24.4. The van der Waals surface area contributed by atoms with E-state index in [1.165, 1.54) is 30.4 Å². The lowest BCUT2D eigenvalue weighted by molar-refractivity contribution is 0.0945. The van der Waals surface area contributed by atoms with Gasteiger partial charge in [-0.25, -0.2) is 16.8 Å². The van der Waals surface area contributed by atoms with Gasteiger partial charge in [0, 0.05) is 19.2 Å². The molecule has 0 aliphatic heterocycles. The van der Waals surface area contributed by atoms with Gasteiger partial charge in [-0.15, -0.1) is 4.83 Å². The molecule has 2 aromatic carbocycles. The van der Waals surface area contributed by atoms with E-state index in [2.05, 4.69) is 20.5 Å². The van der Waals surface area contributed by atoms with Gasteiger partial charge in [-0.1, -0.05) is 29.8 Å². The average molecular weight is 492 g/mol. The van der Waals surface area contributed by atoms with Gasteiger partial charge in [0.15, 0.2) is 0 Å². The molecule has 0 aliphatic carbocycles. The molecule has 0 unspecified atom stereocenters. The van der Waals surface area contributed by atoms with Crippen molar-refractivity contribution in [1.82, 2.24) is 24.8 Å². The first kappa shape index (κ1) is 24.6. The molecular formula is C21H25N5O5S2. The summed E-state index contributed by atoms with van der Waals surface area (Å²) in [7, 11) is -6.19. The number of sulfonamides is 2. The number of amides is 1. The molecule has 3 aromatic rings. The summed E-state index contributed by atoms with van der Waals surface area (Å²) < 4.78 is 51.5. The Kier molecular flexibility index (Phi) is 7.03. The number of nitrogens with one attached hydrogen (secondary N) is 3. The molecule has 0 aliphatic rings. The molecule has 0 radical (unpaired) electrons. The fourth-order valence-corrected chi connectivity index (χ4v) is 5.54. The zero-order valence-corrected chi connectivity index (χ0v) is 20.2. The molecule has 1 heterocycles. The summed E-state index contributed by atoms with van der Waals surface area (Å²) in [6, 6.07) is 12.8. The van der Waals surface area contributed by atoms with Gasteiger partial charge in [0.05, 0.1) is 16.3 Å². The Balaban J connectivity index is 1.65. The predicted octanol–water partition coefficient (Wildman–Crippen LogP) is 1.78. The third kappa shape index (κ3) is 5.47. The van der Waals surface area contributed by atoms with E-state index in [0.717, 1.165) is 5.56 Å². The third-order valence-corrected chi connectivity index (χ3v) is 8.31. The lowest BCUT2D eigenvalue weighted by Gasteiger charge is -2.17. The van der Waals surface area contributed by atoms with Crippen molar-refractivity contribution in [3.63, 3.8) is 0 Å². The van der Waals surface area contributed by atoms with Crippen LogP contribution in [0.5, 0.6) is 0 Å². The fourth-order valence-electron chi connectivity index (χ4n) is 3.17. The van der Waals surface area contributed by atoms with Crippen molar-refractivity contribution in [2.24, 2.45) is 0 Å². The maximum absolute atomic E-state index is 12.7. The van der Waals surface area contributed by atoms with Crippen LogP contribution in [0.15, 0.2) is 58.3 Å². The Morgan fingerprint density at radius 3 is 2.12 bits per heavy atom. The summed E-state index contributed by atoms with van der Waals surface area (Å²) in [6.07, 6.45) is 0. The number of nitrogens with zero attached hydrogens (tertiary/aromatic N) is 2. The molecule has 33 heavy (non-hydrogen) atoms. The number of carbonyl (C=O) groups is 1. The van der Waals surface area contributed by atoms with Crippen molar-refractivity contribution in [2.45, 2.75) is 37.1 Å². The minimum atomic E-state index is -4.00. The van der Waals surface area contributed by atoms with Crippen molar-refractivity contribution in [1.29, 1.82) is 0 Å². The van der Waals surface area contributed by atoms with Crippen LogP contribution >= 0.6 is 0 Å². The van der Waals surface area contributed by atoms with Gasteiger partial charge in [0.1, 0.15) is 4.90 Å². The third-order valence-electron chi connectivity index (χ3n) is 4.98. The number of aromatic nitrogens is 2. The first-order valence-corrected chi connectivity index (χ1v) is 12.8. The van der Waals surface area contributed by atoms with Crippen molar-refractivity contribution >= 4 is 26.0 Å². The van der Waals surface area contributed by atoms with Crippen molar-refractivity contribution < 1.29 is 21.6 Å². The molecule has 176 valence electrons. The first-order chi connectivity index (χ1) is 15.4. The SMILES string of the molecule is Cc1ccc(S(=O)(=O)N(C)Cc2ccc(C(=O)NNS(=O)(=O)c3c(C)n[nH]c3C)cc2)cc1. The van der Waals surface area contributed by atoms with E-state index < -0.39 is 26.0 Å². The van der Waals surface area contributed by atoms with Crippen LogP contribution in [-0.2, 0) is 26.6 Å². The van der Waals surface area contributed by atoms with Crippen LogP contribution in [0.3, 0.4) is 0 Å². The Hall–Kier alpha value is -3.06. The number of hydrogen-bond donors (Lipinski definition) is 3. The number of hydrazine groups is 1. The fraction of sp³-hybridized carbons (Fsp3) is 0.238. The number of aryl methyl sites for hydroxylation is 3. The van der Waals surface area contributed by atoms with Crippen LogP contribution in [0, 0.1) is 20.8 Å². The van der Waals surface area contributed by atoms with E-state index >= 15 is 0 Å². The van der Waals surface area contributed by atoms with Crippen LogP contribution in [0.2, 0.25) is 0 Å². The van der Waals surface area contributed by atoms with Gasteiger partial charge in [-0.2, -0.15) is 9.40 Å². The van der Waals surface area contributed by atoms with E-state index in [1.54, 1.807) is 43.3 Å². The Bertz CT molecular complexity index is 1340. The zero-order valence-electron chi connectivity index (χ0n) is 18.6. The minimum absolute atomic E-state index is 0.0315. The number of carbonyl (C=O) groups excluding carboxylic acids is 1. The largest absolute Gasteiger partial charge is 0.281 e. The molecule has 3 rings (SSSR count). The monoisotopic (exact) mass is 491 g/mol. The summed E-state index contributed by atoms with van der Waals surface area (Å²) in [6.45, 7) is 5.08. The van der Waals surface area contributed by atoms with Gasteiger partial charge in [0.2, 0.25) is 10.0 Å². The highest BCUT2D eigenvalue weighted by Gasteiger charge is 2.23. The second-order valence-electron chi connectivity index (χ2n) is 7.59. The van der Waals surface area contributed by atoms with Gasteiger partial charge in [-0.05, 0) is 50.6 Å². The van der Waals surface area contributed by atoms with E-state index in [9.17, 15) is 21.6 Å². The lowest BCUT2D eigenvalue weighted by Crippen LogP contribution is -2.41. The molecule has 1 amide bonds. The number of benzene rings is 2. The second-order valence-corrected chi connectivity index (χ2v) is 11.3. The van der Waals surface area contributed by atoms with E-state index in [4.69, 9.17) is 0 Å². The minimum Gasteiger partial charge on any atom is -0.281 e. The molecule has 10 nitrogen and oxygen atoms in total. The maximum Gasteiger partial charge on any atom is 0.266 e. The highest BCUT2D eigenvalue weighted by atomic mass is 32.2. The standard InChI is InChI=1S/C21H25N5O5S2/c1-14-5-11-19(12-6-14)33(30,31)26(4)13-17-7-9-18(10-8-17)21(27)24-25-32(28,29)20-15(2)22-23-16(20)3/h5-12,25H,13H2,1-4H3,(H,22,23)(H,24,27). The smallest absolute Gasteiger partial charge is 0.266 e. The van der Waals surface area contributed by atoms with Crippen LogP contribution in [0.25, 0.3) is 0 Å². The summed E-state index contributed by atoms with van der Waals surface area (Å²) in [4.78, 5) is 14.6. The van der Waals surface area contributed by atoms with Gasteiger partial charge in [-0.3, -0.25) is 15.3 Å². The second kappa shape index (κ2) is 9.43. The van der Waals surface area contributed by atoms with Crippen molar-refractivity contribution in [3.05, 3.63) is 76.6 Å². The normalized spacial score (nSPS) is 12.2.